The van der Waals surface area contributed by atoms with E-state index in [1.807, 2.05) is 12.1 Å². The monoisotopic (exact) mass is 391 g/mol. The zero-order chi connectivity index (χ0) is 20.2. The molecule has 4 aromatic carbocycles. The minimum Gasteiger partial charge on any atom is -0.478 e. The van der Waals surface area contributed by atoms with Crippen molar-refractivity contribution in [1.82, 2.24) is 0 Å². The van der Waals surface area contributed by atoms with Gasteiger partial charge >= 0.3 is 5.97 Å². The van der Waals surface area contributed by atoms with Crippen molar-refractivity contribution in [3.63, 3.8) is 0 Å². The highest BCUT2D eigenvalue weighted by atomic mass is 16.4. The van der Waals surface area contributed by atoms with E-state index in [0.717, 1.165) is 17.7 Å². The van der Waals surface area contributed by atoms with E-state index >= 15 is 0 Å². The molecule has 0 saturated carbocycles. The lowest BCUT2D eigenvalue weighted by Crippen LogP contribution is -2.30. The standard InChI is InChI=1S/C27H21NO2/c29-27(30)18-12-13-24-22(15-18)25-20-10-4-2-7-17(20)14-23(25)26(28-24)21-11-5-8-16-6-1-3-9-19(16)21/h1-13,15,23,25-26,28H,14H2,(H,29,30)/t23-,25-,26-/m0/s1. The summed E-state index contributed by atoms with van der Waals surface area (Å²) in [6.45, 7) is 0. The Labute approximate surface area is 175 Å². The normalized spacial score (nSPS) is 21.4. The number of fused-ring (bicyclic) bond motifs is 6. The molecule has 3 nitrogen and oxygen atoms in total. The van der Waals surface area contributed by atoms with Crippen molar-refractivity contribution in [2.45, 2.75) is 18.4 Å². The van der Waals surface area contributed by atoms with Crippen LogP contribution in [0, 0.1) is 5.92 Å². The number of rotatable bonds is 2. The number of aromatic carboxylic acids is 1. The molecule has 0 unspecified atom stereocenters. The third kappa shape index (κ3) is 2.48. The Morgan fingerprint density at radius 1 is 0.833 bits per heavy atom. The highest BCUT2D eigenvalue weighted by Crippen LogP contribution is 2.54. The van der Waals surface area contributed by atoms with Gasteiger partial charge in [-0.1, -0.05) is 66.7 Å². The minimum atomic E-state index is -0.878. The van der Waals surface area contributed by atoms with Crippen molar-refractivity contribution >= 4 is 22.4 Å². The van der Waals surface area contributed by atoms with Gasteiger partial charge in [0.25, 0.3) is 0 Å². The van der Waals surface area contributed by atoms with Crippen LogP contribution in [0.3, 0.4) is 0 Å². The lowest BCUT2D eigenvalue weighted by atomic mass is 9.74. The maximum absolute atomic E-state index is 11.6. The predicted molar refractivity (Wildman–Crippen MR) is 119 cm³/mol. The van der Waals surface area contributed by atoms with Gasteiger partial charge in [-0.15, -0.1) is 0 Å². The van der Waals surface area contributed by atoms with Gasteiger partial charge in [-0.05, 0) is 63.6 Å². The summed E-state index contributed by atoms with van der Waals surface area (Å²) >= 11 is 0. The second kappa shape index (κ2) is 6.46. The van der Waals surface area contributed by atoms with Gasteiger partial charge in [0.1, 0.15) is 0 Å². The first kappa shape index (κ1) is 17.3. The number of nitrogens with one attached hydrogen (secondary N) is 1. The Kier molecular flexibility index (Phi) is 3.72. The smallest absolute Gasteiger partial charge is 0.335 e. The number of carboxylic acids is 1. The van der Waals surface area contributed by atoms with Gasteiger partial charge in [0.05, 0.1) is 11.6 Å². The second-order valence-electron chi connectivity index (χ2n) is 8.34. The average molecular weight is 391 g/mol. The molecule has 0 radical (unpaired) electrons. The van der Waals surface area contributed by atoms with Gasteiger partial charge in [-0.3, -0.25) is 0 Å². The number of benzene rings is 4. The summed E-state index contributed by atoms with van der Waals surface area (Å²) in [5.74, 6) is -0.345. The van der Waals surface area contributed by atoms with Crippen molar-refractivity contribution in [1.29, 1.82) is 0 Å². The molecule has 0 bridgehead atoms. The van der Waals surface area contributed by atoms with Gasteiger partial charge in [0, 0.05) is 11.6 Å². The molecule has 0 spiro atoms. The van der Waals surface area contributed by atoms with Crippen LogP contribution in [0.25, 0.3) is 10.8 Å². The first-order valence-electron chi connectivity index (χ1n) is 10.4. The molecule has 1 heterocycles. The first-order valence-corrected chi connectivity index (χ1v) is 10.4. The van der Waals surface area contributed by atoms with Crippen LogP contribution in [-0.2, 0) is 6.42 Å². The van der Waals surface area contributed by atoms with Crippen LogP contribution < -0.4 is 5.32 Å². The molecule has 0 saturated heterocycles. The number of hydrogen-bond donors (Lipinski definition) is 2. The van der Waals surface area contributed by atoms with Gasteiger partial charge in [0.15, 0.2) is 0 Å². The third-order valence-electron chi connectivity index (χ3n) is 6.81. The van der Waals surface area contributed by atoms with Gasteiger partial charge < -0.3 is 10.4 Å². The second-order valence-corrected chi connectivity index (χ2v) is 8.34. The molecule has 3 heteroatoms. The summed E-state index contributed by atoms with van der Waals surface area (Å²) in [5.41, 5.74) is 6.49. The van der Waals surface area contributed by atoms with E-state index in [0.29, 0.717) is 11.5 Å². The van der Waals surface area contributed by atoms with Gasteiger partial charge in [0.2, 0.25) is 0 Å². The van der Waals surface area contributed by atoms with Crippen LogP contribution in [0.4, 0.5) is 5.69 Å². The molecule has 6 rings (SSSR count). The van der Waals surface area contributed by atoms with Crippen molar-refractivity contribution in [3.8, 4) is 0 Å². The molecule has 2 aliphatic rings. The molecule has 3 atom stereocenters. The zero-order valence-corrected chi connectivity index (χ0v) is 16.4. The molecule has 0 aromatic heterocycles. The summed E-state index contributed by atoms with van der Waals surface area (Å²) < 4.78 is 0. The molecule has 0 fully saturated rings. The highest BCUT2D eigenvalue weighted by molar-refractivity contribution is 5.89. The number of carbonyl (C=O) groups is 1. The van der Waals surface area contributed by atoms with Crippen LogP contribution in [-0.4, -0.2) is 11.1 Å². The van der Waals surface area contributed by atoms with Crippen LogP contribution in [0.1, 0.15) is 44.6 Å². The van der Waals surface area contributed by atoms with E-state index in [1.165, 1.54) is 27.5 Å². The van der Waals surface area contributed by atoms with E-state index in [-0.39, 0.29) is 12.0 Å². The van der Waals surface area contributed by atoms with E-state index in [2.05, 4.69) is 72.0 Å². The lowest BCUT2D eigenvalue weighted by Gasteiger charge is -2.38. The summed E-state index contributed by atoms with van der Waals surface area (Å²) in [7, 11) is 0. The molecule has 1 aliphatic carbocycles. The Morgan fingerprint density at radius 3 is 2.50 bits per heavy atom. The van der Waals surface area contributed by atoms with Gasteiger partial charge in [-0.25, -0.2) is 4.79 Å². The lowest BCUT2D eigenvalue weighted by molar-refractivity contribution is 0.0696. The van der Waals surface area contributed by atoms with Crippen LogP contribution in [0.5, 0.6) is 0 Å². The largest absolute Gasteiger partial charge is 0.478 e. The molecule has 4 aromatic rings. The fraction of sp³-hybridized carbons (Fsp3) is 0.148. The van der Waals surface area contributed by atoms with Gasteiger partial charge in [-0.2, -0.15) is 0 Å². The average Bonchev–Trinajstić information content (AvgIpc) is 3.18. The fourth-order valence-electron chi connectivity index (χ4n) is 5.52. The molecular weight excluding hydrogens is 370 g/mol. The molecular formula is C27H21NO2. The maximum atomic E-state index is 11.6. The van der Waals surface area contributed by atoms with Crippen molar-refractivity contribution < 1.29 is 9.90 Å². The predicted octanol–water partition coefficient (Wildman–Crippen LogP) is 6.01. The molecule has 0 amide bonds. The van der Waals surface area contributed by atoms with E-state index in [9.17, 15) is 9.90 Å². The van der Waals surface area contributed by atoms with E-state index in [1.54, 1.807) is 6.07 Å². The van der Waals surface area contributed by atoms with Crippen molar-refractivity contribution in [3.05, 3.63) is 113 Å². The van der Waals surface area contributed by atoms with Crippen LogP contribution in [0.2, 0.25) is 0 Å². The number of anilines is 1. The molecule has 2 N–H and O–H groups in total. The van der Waals surface area contributed by atoms with Crippen molar-refractivity contribution in [2.24, 2.45) is 5.92 Å². The topological polar surface area (TPSA) is 49.3 Å². The zero-order valence-electron chi connectivity index (χ0n) is 16.4. The Morgan fingerprint density at radius 2 is 1.60 bits per heavy atom. The van der Waals surface area contributed by atoms with Crippen LogP contribution in [0.15, 0.2) is 84.9 Å². The summed E-state index contributed by atoms with van der Waals surface area (Å²) in [6, 6.07) is 29.4. The minimum absolute atomic E-state index is 0.164. The summed E-state index contributed by atoms with van der Waals surface area (Å²) in [4.78, 5) is 11.6. The van der Waals surface area contributed by atoms with Crippen LogP contribution >= 0.6 is 0 Å². The number of hydrogen-bond acceptors (Lipinski definition) is 2. The quantitative estimate of drug-likeness (QED) is 0.440. The van der Waals surface area contributed by atoms with E-state index < -0.39 is 5.97 Å². The Balaban J connectivity index is 1.57. The maximum Gasteiger partial charge on any atom is 0.335 e. The molecule has 30 heavy (non-hydrogen) atoms. The van der Waals surface area contributed by atoms with E-state index in [4.69, 9.17) is 0 Å². The summed E-state index contributed by atoms with van der Waals surface area (Å²) in [5, 5.41) is 15.9. The fourth-order valence-corrected chi connectivity index (χ4v) is 5.52. The number of carboxylic acid groups (broad SMARTS) is 1. The molecule has 146 valence electrons. The Bertz CT molecular complexity index is 1300. The highest BCUT2D eigenvalue weighted by Gasteiger charge is 2.43. The first-order chi connectivity index (χ1) is 14.7. The summed E-state index contributed by atoms with van der Waals surface area (Å²) in [6.07, 6.45) is 0.985. The Hall–Kier alpha value is -3.59. The molecule has 1 aliphatic heterocycles. The van der Waals surface area contributed by atoms with Crippen molar-refractivity contribution in [2.75, 3.05) is 5.32 Å². The SMILES string of the molecule is O=C(O)c1ccc2c(c1)[C@@H]1c3ccccc3C[C@@H]1[C@H](c1cccc3ccccc13)N2. The third-order valence-corrected chi connectivity index (χ3v) is 6.81.